The van der Waals surface area contributed by atoms with E-state index in [0.29, 0.717) is 0 Å². The molecule has 0 saturated heterocycles. The Balaban J connectivity index is 0.000000921. The minimum absolute atomic E-state index is 0.881. The van der Waals surface area contributed by atoms with Crippen LogP contribution in [0.25, 0.3) is 0 Å². The molecule has 0 bridgehead atoms. The van der Waals surface area contributed by atoms with Crippen molar-refractivity contribution in [2.75, 3.05) is 13.7 Å². The highest BCUT2D eigenvalue weighted by atomic mass is 16.5. The Hall–Kier alpha value is -0.820. The van der Waals surface area contributed by atoms with Crippen molar-refractivity contribution < 1.29 is 4.74 Å². The molecule has 0 radical (unpaired) electrons. The number of methoxy groups -OCH3 is 1. The zero-order valence-corrected chi connectivity index (χ0v) is 10.5. The Morgan fingerprint density at radius 1 is 1.07 bits per heavy atom. The van der Waals surface area contributed by atoms with Gasteiger partial charge in [0.1, 0.15) is 0 Å². The van der Waals surface area contributed by atoms with Gasteiger partial charge in [-0.3, -0.25) is 0 Å². The third kappa shape index (κ3) is 6.29. The van der Waals surface area contributed by atoms with E-state index in [1.54, 1.807) is 7.11 Å². The Morgan fingerprint density at radius 2 is 1.73 bits per heavy atom. The Bertz CT molecular complexity index is 243. The van der Waals surface area contributed by atoms with E-state index in [-0.39, 0.29) is 0 Å². The van der Waals surface area contributed by atoms with E-state index >= 15 is 0 Å². The van der Waals surface area contributed by atoms with Gasteiger partial charge in [-0.05, 0) is 37.3 Å². The third-order valence-corrected chi connectivity index (χ3v) is 2.31. The summed E-state index contributed by atoms with van der Waals surface area (Å²) in [6.45, 7) is 7.05. The van der Waals surface area contributed by atoms with Gasteiger partial charge in [0.25, 0.3) is 0 Å². The van der Waals surface area contributed by atoms with E-state index in [0.717, 1.165) is 13.0 Å². The van der Waals surface area contributed by atoms with Crippen LogP contribution in [0, 0.1) is 6.92 Å². The van der Waals surface area contributed by atoms with E-state index in [9.17, 15) is 0 Å². The highest BCUT2D eigenvalue weighted by Crippen LogP contribution is 2.10. The van der Waals surface area contributed by atoms with Gasteiger partial charge in [-0.15, -0.1) is 0 Å². The van der Waals surface area contributed by atoms with Crippen LogP contribution in [0.15, 0.2) is 24.3 Å². The number of benzene rings is 1. The van der Waals surface area contributed by atoms with Gasteiger partial charge in [0.05, 0.1) is 0 Å². The lowest BCUT2D eigenvalue weighted by molar-refractivity contribution is 0.193. The zero-order valence-electron chi connectivity index (χ0n) is 10.5. The molecule has 0 aliphatic heterocycles. The first-order valence-corrected chi connectivity index (χ1v) is 5.88. The van der Waals surface area contributed by atoms with Gasteiger partial charge in [0.2, 0.25) is 0 Å². The van der Waals surface area contributed by atoms with Crippen molar-refractivity contribution in [2.45, 2.75) is 40.0 Å². The second kappa shape index (κ2) is 9.72. The maximum atomic E-state index is 5.01. The van der Waals surface area contributed by atoms with E-state index in [4.69, 9.17) is 4.74 Å². The molecule has 0 N–H and O–H groups in total. The second-order valence-electron chi connectivity index (χ2n) is 3.38. The number of ether oxygens (including phenoxy) is 1. The Morgan fingerprint density at radius 3 is 2.33 bits per heavy atom. The topological polar surface area (TPSA) is 9.23 Å². The van der Waals surface area contributed by atoms with Crippen LogP contribution in [-0.4, -0.2) is 13.7 Å². The highest BCUT2D eigenvalue weighted by Gasteiger charge is 1.95. The summed E-state index contributed by atoms with van der Waals surface area (Å²) >= 11 is 0. The van der Waals surface area contributed by atoms with Crippen molar-refractivity contribution >= 4 is 0 Å². The first-order chi connectivity index (χ1) is 7.34. The predicted octanol–water partition coefficient (Wildman–Crippen LogP) is 3.99. The number of hydrogen-bond donors (Lipinski definition) is 0. The normalized spacial score (nSPS) is 9.33. The molecule has 0 atom stereocenters. The molecule has 0 aliphatic rings. The lowest BCUT2D eigenvalue weighted by Crippen LogP contribution is -1.93. The molecule has 86 valence electrons. The van der Waals surface area contributed by atoms with Crippen LogP contribution >= 0.6 is 0 Å². The van der Waals surface area contributed by atoms with Gasteiger partial charge >= 0.3 is 0 Å². The molecule has 0 aliphatic carbocycles. The van der Waals surface area contributed by atoms with Crippen LogP contribution in [0.1, 0.15) is 37.8 Å². The molecule has 0 unspecified atom stereocenters. The molecule has 1 nitrogen and oxygen atoms in total. The SMILES string of the molecule is CC.COCCCCc1ccccc1C. The summed E-state index contributed by atoms with van der Waals surface area (Å²) in [6, 6.07) is 8.58. The number of aryl methyl sites for hydroxylation is 2. The van der Waals surface area contributed by atoms with Crippen LogP contribution < -0.4 is 0 Å². The molecule has 1 aromatic carbocycles. The fourth-order valence-electron chi connectivity index (χ4n) is 1.45. The van der Waals surface area contributed by atoms with Gasteiger partial charge in [0, 0.05) is 13.7 Å². The van der Waals surface area contributed by atoms with E-state index < -0.39 is 0 Å². The fourth-order valence-corrected chi connectivity index (χ4v) is 1.45. The summed E-state index contributed by atoms with van der Waals surface area (Å²) < 4.78 is 5.01. The lowest BCUT2D eigenvalue weighted by Gasteiger charge is -2.04. The number of hydrogen-bond acceptors (Lipinski definition) is 1. The standard InChI is InChI=1S/C12H18O.C2H6/c1-11-7-3-4-8-12(11)9-5-6-10-13-2;1-2/h3-4,7-8H,5-6,9-10H2,1-2H3;1-2H3. The molecule has 1 aromatic rings. The summed E-state index contributed by atoms with van der Waals surface area (Å²) in [5.74, 6) is 0. The quantitative estimate of drug-likeness (QED) is 0.665. The van der Waals surface area contributed by atoms with E-state index in [1.165, 1.54) is 24.0 Å². The van der Waals surface area contributed by atoms with Gasteiger partial charge in [-0.25, -0.2) is 0 Å². The smallest absolute Gasteiger partial charge is 0.0462 e. The van der Waals surface area contributed by atoms with Crippen LogP contribution in [0.3, 0.4) is 0 Å². The van der Waals surface area contributed by atoms with Crippen LogP contribution in [-0.2, 0) is 11.2 Å². The molecule has 0 spiro atoms. The number of unbranched alkanes of at least 4 members (excludes halogenated alkanes) is 1. The van der Waals surface area contributed by atoms with Crippen molar-refractivity contribution in [1.29, 1.82) is 0 Å². The molecule has 15 heavy (non-hydrogen) atoms. The summed E-state index contributed by atoms with van der Waals surface area (Å²) in [5, 5.41) is 0. The third-order valence-electron chi connectivity index (χ3n) is 2.31. The van der Waals surface area contributed by atoms with Crippen molar-refractivity contribution in [2.24, 2.45) is 0 Å². The lowest BCUT2D eigenvalue weighted by atomic mass is 10.0. The molecule has 1 rings (SSSR count). The van der Waals surface area contributed by atoms with Crippen molar-refractivity contribution in [3.05, 3.63) is 35.4 Å². The van der Waals surface area contributed by atoms with E-state index in [1.807, 2.05) is 13.8 Å². The van der Waals surface area contributed by atoms with Crippen molar-refractivity contribution in [3.63, 3.8) is 0 Å². The largest absolute Gasteiger partial charge is 0.385 e. The van der Waals surface area contributed by atoms with Crippen LogP contribution in [0.4, 0.5) is 0 Å². The average Bonchev–Trinajstić information content (AvgIpc) is 2.29. The maximum Gasteiger partial charge on any atom is 0.0462 e. The second-order valence-corrected chi connectivity index (χ2v) is 3.38. The molecule has 1 heteroatoms. The predicted molar refractivity (Wildman–Crippen MR) is 67.3 cm³/mol. The summed E-state index contributed by atoms with van der Waals surface area (Å²) in [6.07, 6.45) is 3.56. The minimum atomic E-state index is 0.881. The van der Waals surface area contributed by atoms with Crippen molar-refractivity contribution in [1.82, 2.24) is 0 Å². The maximum absolute atomic E-state index is 5.01. The van der Waals surface area contributed by atoms with Gasteiger partial charge in [0.15, 0.2) is 0 Å². The molecule has 0 fully saturated rings. The highest BCUT2D eigenvalue weighted by molar-refractivity contribution is 5.25. The molecular formula is C14H24O. The molecule has 0 aromatic heterocycles. The van der Waals surface area contributed by atoms with E-state index in [2.05, 4.69) is 31.2 Å². The molecular weight excluding hydrogens is 184 g/mol. The summed E-state index contributed by atoms with van der Waals surface area (Å²) in [5.41, 5.74) is 2.87. The Labute approximate surface area is 94.5 Å². The molecule has 0 heterocycles. The summed E-state index contributed by atoms with van der Waals surface area (Å²) in [7, 11) is 1.76. The monoisotopic (exact) mass is 208 g/mol. The first kappa shape index (κ1) is 14.2. The van der Waals surface area contributed by atoms with Gasteiger partial charge < -0.3 is 4.74 Å². The zero-order chi connectivity index (χ0) is 11.5. The van der Waals surface area contributed by atoms with Crippen LogP contribution in [0.2, 0.25) is 0 Å². The van der Waals surface area contributed by atoms with Gasteiger partial charge in [-0.1, -0.05) is 38.1 Å². The molecule has 0 saturated carbocycles. The Kier molecular flexibility index (Phi) is 9.19. The summed E-state index contributed by atoms with van der Waals surface area (Å²) in [4.78, 5) is 0. The van der Waals surface area contributed by atoms with Crippen LogP contribution in [0.5, 0.6) is 0 Å². The molecule has 0 amide bonds. The number of rotatable bonds is 5. The first-order valence-electron chi connectivity index (χ1n) is 5.88. The fraction of sp³-hybridized carbons (Fsp3) is 0.571. The van der Waals surface area contributed by atoms with Gasteiger partial charge in [-0.2, -0.15) is 0 Å². The average molecular weight is 208 g/mol. The van der Waals surface area contributed by atoms with Crippen molar-refractivity contribution in [3.8, 4) is 0 Å². The minimum Gasteiger partial charge on any atom is -0.385 e.